The zero-order chi connectivity index (χ0) is 13.0. The van der Waals surface area contributed by atoms with Gasteiger partial charge in [-0.3, -0.25) is 0 Å². The summed E-state index contributed by atoms with van der Waals surface area (Å²) in [6, 6.07) is 15.9. The van der Waals surface area contributed by atoms with E-state index in [2.05, 4.69) is 40.3 Å². The van der Waals surface area contributed by atoms with Gasteiger partial charge in [0.15, 0.2) is 0 Å². The summed E-state index contributed by atoms with van der Waals surface area (Å²) < 4.78 is 1.10. The number of phenols is 1. The third kappa shape index (κ3) is 3.59. The van der Waals surface area contributed by atoms with Crippen LogP contribution in [0.5, 0.6) is 5.75 Å². The van der Waals surface area contributed by atoms with E-state index in [9.17, 15) is 5.11 Å². The molecule has 0 saturated heterocycles. The highest BCUT2D eigenvalue weighted by atomic mass is 79.9. The summed E-state index contributed by atoms with van der Waals surface area (Å²) in [6.45, 7) is 2.95. The number of hydrogen-bond acceptors (Lipinski definition) is 2. The number of hydrogen-bond donors (Lipinski definition) is 2. The van der Waals surface area contributed by atoms with Gasteiger partial charge in [0, 0.05) is 17.1 Å². The standard InChI is InChI=1S/C15H16BrNO/c1-11(13-4-8-15(18)9-5-13)17-10-12-2-6-14(16)7-3-12/h2-9,11,17-18H,10H2,1H3. The quantitative estimate of drug-likeness (QED) is 0.894. The molecular weight excluding hydrogens is 290 g/mol. The van der Waals surface area contributed by atoms with Crippen molar-refractivity contribution in [3.63, 3.8) is 0 Å². The van der Waals surface area contributed by atoms with E-state index >= 15 is 0 Å². The van der Waals surface area contributed by atoms with E-state index in [0.717, 1.165) is 11.0 Å². The highest BCUT2D eigenvalue weighted by Gasteiger charge is 2.04. The molecule has 0 aromatic heterocycles. The van der Waals surface area contributed by atoms with Crippen molar-refractivity contribution in [2.75, 3.05) is 0 Å². The van der Waals surface area contributed by atoms with Gasteiger partial charge in [-0.1, -0.05) is 40.2 Å². The van der Waals surface area contributed by atoms with Crippen molar-refractivity contribution in [3.05, 3.63) is 64.1 Å². The maximum atomic E-state index is 9.25. The van der Waals surface area contributed by atoms with Crippen LogP contribution in [0.1, 0.15) is 24.1 Å². The number of nitrogens with one attached hydrogen (secondary N) is 1. The first kappa shape index (κ1) is 13.1. The van der Waals surface area contributed by atoms with E-state index in [1.807, 2.05) is 24.3 Å². The van der Waals surface area contributed by atoms with Crippen LogP contribution in [0.2, 0.25) is 0 Å². The van der Waals surface area contributed by atoms with Gasteiger partial charge in [-0.15, -0.1) is 0 Å². The molecule has 94 valence electrons. The summed E-state index contributed by atoms with van der Waals surface area (Å²) in [5.74, 6) is 0.304. The molecule has 0 aliphatic carbocycles. The lowest BCUT2D eigenvalue weighted by molar-refractivity contribution is 0.474. The fourth-order valence-corrected chi connectivity index (χ4v) is 2.02. The SMILES string of the molecule is CC(NCc1ccc(Br)cc1)c1ccc(O)cc1. The maximum absolute atomic E-state index is 9.25. The van der Waals surface area contributed by atoms with E-state index in [1.165, 1.54) is 11.1 Å². The zero-order valence-corrected chi connectivity index (χ0v) is 11.8. The molecule has 0 saturated carbocycles. The molecule has 0 spiro atoms. The Balaban J connectivity index is 1.93. The Morgan fingerprint density at radius 1 is 1.06 bits per heavy atom. The van der Waals surface area contributed by atoms with Crippen LogP contribution in [0.15, 0.2) is 53.0 Å². The number of benzene rings is 2. The summed E-state index contributed by atoms with van der Waals surface area (Å²) in [5, 5.41) is 12.7. The topological polar surface area (TPSA) is 32.3 Å². The molecule has 1 unspecified atom stereocenters. The first-order chi connectivity index (χ1) is 8.65. The number of phenolic OH excluding ortho intramolecular Hbond substituents is 1. The first-order valence-electron chi connectivity index (χ1n) is 5.92. The molecule has 2 aromatic rings. The molecule has 3 heteroatoms. The largest absolute Gasteiger partial charge is 0.508 e. The van der Waals surface area contributed by atoms with Crippen molar-refractivity contribution >= 4 is 15.9 Å². The Kier molecular flexibility index (Phi) is 4.39. The fraction of sp³-hybridized carbons (Fsp3) is 0.200. The second-order valence-corrected chi connectivity index (χ2v) is 5.24. The summed E-state index contributed by atoms with van der Waals surface area (Å²) in [6.07, 6.45) is 0. The number of aromatic hydroxyl groups is 1. The Morgan fingerprint density at radius 3 is 2.28 bits per heavy atom. The second-order valence-electron chi connectivity index (χ2n) is 4.32. The molecule has 2 aromatic carbocycles. The Hall–Kier alpha value is -1.32. The van der Waals surface area contributed by atoms with Crippen molar-refractivity contribution in [1.29, 1.82) is 0 Å². The van der Waals surface area contributed by atoms with Crippen LogP contribution in [0.3, 0.4) is 0 Å². The molecule has 0 aliphatic heterocycles. The van der Waals surface area contributed by atoms with Gasteiger partial charge in [0.2, 0.25) is 0 Å². The fourth-order valence-electron chi connectivity index (χ4n) is 1.75. The van der Waals surface area contributed by atoms with Crippen LogP contribution in [-0.4, -0.2) is 5.11 Å². The van der Waals surface area contributed by atoms with Gasteiger partial charge in [-0.25, -0.2) is 0 Å². The van der Waals surface area contributed by atoms with Gasteiger partial charge >= 0.3 is 0 Å². The van der Waals surface area contributed by atoms with Crippen LogP contribution in [0.4, 0.5) is 0 Å². The summed E-state index contributed by atoms with van der Waals surface area (Å²) in [7, 11) is 0. The monoisotopic (exact) mass is 305 g/mol. The van der Waals surface area contributed by atoms with Crippen molar-refractivity contribution in [3.8, 4) is 5.75 Å². The third-order valence-corrected chi connectivity index (χ3v) is 3.45. The van der Waals surface area contributed by atoms with E-state index in [1.54, 1.807) is 12.1 Å². The summed E-state index contributed by atoms with van der Waals surface area (Å²) in [5.41, 5.74) is 2.42. The van der Waals surface area contributed by atoms with Crippen LogP contribution in [-0.2, 0) is 6.54 Å². The van der Waals surface area contributed by atoms with Crippen molar-refractivity contribution < 1.29 is 5.11 Å². The molecule has 0 radical (unpaired) electrons. The molecule has 0 amide bonds. The second kappa shape index (κ2) is 6.03. The average molecular weight is 306 g/mol. The lowest BCUT2D eigenvalue weighted by Gasteiger charge is -2.14. The smallest absolute Gasteiger partial charge is 0.115 e. The van der Waals surface area contributed by atoms with Crippen molar-refractivity contribution in [2.24, 2.45) is 0 Å². The lowest BCUT2D eigenvalue weighted by Crippen LogP contribution is -2.17. The zero-order valence-electron chi connectivity index (χ0n) is 10.2. The predicted octanol–water partition coefficient (Wildman–Crippen LogP) is 4.01. The minimum Gasteiger partial charge on any atom is -0.508 e. The Bertz CT molecular complexity index is 493. The van der Waals surface area contributed by atoms with E-state index < -0.39 is 0 Å². The van der Waals surface area contributed by atoms with E-state index in [0.29, 0.717) is 5.75 Å². The first-order valence-corrected chi connectivity index (χ1v) is 6.71. The van der Waals surface area contributed by atoms with E-state index in [-0.39, 0.29) is 6.04 Å². The van der Waals surface area contributed by atoms with Gasteiger partial charge in [-0.2, -0.15) is 0 Å². The molecular formula is C15H16BrNO. The van der Waals surface area contributed by atoms with Gasteiger partial charge in [0.05, 0.1) is 0 Å². The molecule has 18 heavy (non-hydrogen) atoms. The van der Waals surface area contributed by atoms with Gasteiger partial charge in [-0.05, 0) is 42.3 Å². The maximum Gasteiger partial charge on any atom is 0.115 e. The molecule has 0 aliphatic rings. The molecule has 2 rings (SSSR count). The average Bonchev–Trinajstić information content (AvgIpc) is 2.38. The van der Waals surface area contributed by atoms with Gasteiger partial charge in [0.25, 0.3) is 0 Å². The Labute approximate surface area is 116 Å². The van der Waals surface area contributed by atoms with Gasteiger partial charge < -0.3 is 10.4 Å². The molecule has 1 atom stereocenters. The Morgan fingerprint density at radius 2 is 1.67 bits per heavy atom. The summed E-state index contributed by atoms with van der Waals surface area (Å²) in [4.78, 5) is 0. The molecule has 0 bridgehead atoms. The number of rotatable bonds is 4. The molecule has 0 heterocycles. The van der Waals surface area contributed by atoms with Crippen molar-refractivity contribution in [2.45, 2.75) is 19.5 Å². The van der Waals surface area contributed by atoms with Crippen molar-refractivity contribution in [1.82, 2.24) is 5.32 Å². The van der Waals surface area contributed by atoms with Gasteiger partial charge in [0.1, 0.15) is 5.75 Å². The van der Waals surface area contributed by atoms with Crippen LogP contribution >= 0.6 is 15.9 Å². The van der Waals surface area contributed by atoms with Crippen LogP contribution < -0.4 is 5.32 Å². The third-order valence-electron chi connectivity index (χ3n) is 2.92. The van der Waals surface area contributed by atoms with Crippen LogP contribution in [0, 0.1) is 0 Å². The van der Waals surface area contributed by atoms with Crippen LogP contribution in [0.25, 0.3) is 0 Å². The highest BCUT2D eigenvalue weighted by molar-refractivity contribution is 9.10. The molecule has 2 N–H and O–H groups in total. The molecule has 0 fully saturated rings. The molecule has 2 nitrogen and oxygen atoms in total. The van der Waals surface area contributed by atoms with E-state index in [4.69, 9.17) is 0 Å². The number of halogens is 1. The minimum absolute atomic E-state index is 0.259. The highest BCUT2D eigenvalue weighted by Crippen LogP contribution is 2.17. The normalized spacial score (nSPS) is 12.3. The summed E-state index contributed by atoms with van der Waals surface area (Å²) >= 11 is 3.42. The predicted molar refractivity (Wildman–Crippen MR) is 77.5 cm³/mol. The minimum atomic E-state index is 0.259. The lowest BCUT2D eigenvalue weighted by atomic mass is 10.1.